The van der Waals surface area contributed by atoms with E-state index >= 15 is 0 Å². The minimum Gasteiger partial charge on any atom is -0.445 e. The molecule has 3 heterocycles. The SMILES string of the molecule is Cc1cnc(CN2CCCC2c2noc(C)n2)o1. The smallest absolute Gasteiger partial charge is 0.223 e. The zero-order chi connectivity index (χ0) is 12.5. The van der Waals surface area contributed by atoms with E-state index in [1.54, 1.807) is 6.20 Å². The van der Waals surface area contributed by atoms with Crippen LogP contribution in [0.4, 0.5) is 0 Å². The fourth-order valence-electron chi connectivity index (χ4n) is 2.41. The van der Waals surface area contributed by atoms with Gasteiger partial charge in [0.15, 0.2) is 5.82 Å². The second kappa shape index (κ2) is 4.53. The van der Waals surface area contributed by atoms with Crippen LogP contribution in [-0.2, 0) is 6.54 Å². The molecule has 96 valence electrons. The average Bonchev–Trinajstić information content (AvgIpc) is 3.01. The lowest BCUT2D eigenvalue weighted by molar-refractivity contribution is 0.211. The predicted molar refractivity (Wildman–Crippen MR) is 62.7 cm³/mol. The Bertz CT molecular complexity index is 534. The minimum atomic E-state index is 0.217. The molecule has 0 N–H and O–H groups in total. The first-order valence-corrected chi connectivity index (χ1v) is 6.18. The summed E-state index contributed by atoms with van der Waals surface area (Å²) in [4.78, 5) is 10.8. The fourth-order valence-corrected chi connectivity index (χ4v) is 2.41. The molecule has 1 aliphatic rings. The summed E-state index contributed by atoms with van der Waals surface area (Å²) < 4.78 is 10.6. The van der Waals surface area contributed by atoms with E-state index in [1.807, 2.05) is 13.8 Å². The van der Waals surface area contributed by atoms with E-state index in [2.05, 4.69) is 20.0 Å². The van der Waals surface area contributed by atoms with Crippen LogP contribution in [0.1, 0.15) is 42.2 Å². The number of aromatic nitrogens is 3. The molecule has 0 saturated carbocycles. The van der Waals surface area contributed by atoms with Gasteiger partial charge in [-0.1, -0.05) is 5.16 Å². The van der Waals surface area contributed by atoms with Gasteiger partial charge in [0, 0.05) is 6.92 Å². The van der Waals surface area contributed by atoms with Crippen molar-refractivity contribution in [2.24, 2.45) is 0 Å². The third-order valence-corrected chi connectivity index (χ3v) is 3.21. The highest BCUT2D eigenvalue weighted by atomic mass is 16.5. The van der Waals surface area contributed by atoms with Gasteiger partial charge in [-0.25, -0.2) is 4.98 Å². The summed E-state index contributed by atoms with van der Waals surface area (Å²) >= 11 is 0. The Hall–Kier alpha value is -1.69. The van der Waals surface area contributed by atoms with Crippen LogP contribution in [0.5, 0.6) is 0 Å². The molecule has 0 amide bonds. The Morgan fingerprint density at radius 3 is 3.00 bits per heavy atom. The molecule has 0 radical (unpaired) electrons. The lowest BCUT2D eigenvalue weighted by Crippen LogP contribution is -2.23. The maximum absolute atomic E-state index is 5.52. The van der Waals surface area contributed by atoms with Crippen molar-refractivity contribution in [1.82, 2.24) is 20.0 Å². The predicted octanol–water partition coefficient (Wildman–Crippen LogP) is 2.01. The first-order valence-electron chi connectivity index (χ1n) is 6.18. The fraction of sp³-hybridized carbons (Fsp3) is 0.583. The van der Waals surface area contributed by atoms with Crippen LogP contribution in [0.25, 0.3) is 0 Å². The molecule has 1 fully saturated rings. The number of rotatable bonds is 3. The summed E-state index contributed by atoms with van der Waals surface area (Å²) in [6.45, 7) is 5.43. The highest BCUT2D eigenvalue weighted by Gasteiger charge is 2.30. The number of hydrogen-bond acceptors (Lipinski definition) is 6. The molecule has 1 aliphatic heterocycles. The van der Waals surface area contributed by atoms with Crippen molar-refractivity contribution in [2.75, 3.05) is 6.54 Å². The van der Waals surface area contributed by atoms with E-state index in [0.717, 1.165) is 36.9 Å². The summed E-state index contributed by atoms with van der Waals surface area (Å²) in [5.41, 5.74) is 0. The summed E-state index contributed by atoms with van der Waals surface area (Å²) in [7, 11) is 0. The van der Waals surface area contributed by atoms with E-state index < -0.39 is 0 Å². The van der Waals surface area contributed by atoms with Crippen molar-refractivity contribution in [1.29, 1.82) is 0 Å². The topological polar surface area (TPSA) is 68.2 Å². The largest absolute Gasteiger partial charge is 0.445 e. The molecule has 1 atom stereocenters. The molecule has 0 spiro atoms. The molecule has 0 aliphatic carbocycles. The third kappa shape index (κ3) is 2.15. The van der Waals surface area contributed by atoms with E-state index in [-0.39, 0.29) is 6.04 Å². The maximum atomic E-state index is 5.52. The van der Waals surface area contributed by atoms with Gasteiger partial charge < -0.3 is 8.94 Å². The molecule has 1 saturated heterocycles. The van der Waals surface area contributed by atoms with E-state index in [4.69, 9.17) is 8.94 Å². The molecule has 6 nitrogen and oxygen atoms in total. The molecule has 2 aromatic heterocycles. The van der Waals surface area contributed by atoms with Crippen LogP contribution in [0.15, 0.2) is 15.1 Å². The maximum Gasteiger partial charge on any atom is 0.223 e. The first kappa shape index (κ1) is 11.4. The molecule has 3 rings (SSSR count). The molecule has 1 unspecified atom stereocenters. The molecular weight excluding hydrogens is 232 g/mol. The Balaban J connectivity index is 1.75. The van der Waals surface area contributed by atoms with Gasteiger partial charge in [0.05, 0.1) is 18.8 Å². The quantitative estimate of drug-likeness (QED) is 0.827. The first-order chi connectivity index (χ1) is 8.72. The zero-order valence-electron chi connectivity index (χ0n) is 10.6. The van der Waals surface area contributed by atoms with Crippen LogP contribution >= 0.6 is 0 Å². The number of oxazole rings is 1. The van der Waals surface area contributed by atoms with Crippen molar-refractivity contribution in [3.05, 3.63) is 29.6 Å². The second-order valence-corrected chi connectivity index (χ2v) is 4.66. The monoisotopic (exact) mass is 248 g/mol. The normalized spacial score (nSPS) is 20.7. The van der Waals surface area contributed by atoms with Crippen molar-refractivity contribution >= 4 is 0 Å². The van der Waals surface area contributed by atoms with Crippen LogP contribution in [0, 0.1) is 13.8 Å². The summed E-state index contributed by atoms with van der Waals surface area (Å²) in [6.07, 6.45) is 3.94. The highest BCUT2D eigenvalue weighted by molar-refractivity contribution is 4.99. The second-order valence-electron chi connectivity index (χ2n) is 4.66. The Morgan fingerprint density at radius 2 is 2.33 bits per heavy atom. The van der Waals surface area contributed by atoms with Crippen LogP contribution in [-0.4, -0.2) is 26.6 Å². The summed E-state index contributed by atoms with van der Waals surface area (Å²) in [6, 6.07) is 0.217. The lowest BCUT2D eigenvalue weighted by Gasteiger charge is -2.19. The average molecular weight is 248 g/mol. The van der Waals surface area contributed by atoms with Gasteiger partial charge in [0.2, 0.25) is 11.8 Å². The molecule has 0 aromatic carbocycles. The molecule has 2 aromatic rings. The van der Waals surface area contributed by atoms with Crippen LogP contribution in [0.3, 0.4) is 0 Å². The number of likely N-dealkylation sites (tertiary alicyclic amines) is 1. The van der Waals surface area contributed by atoms with Crippen LogP contribution < -0.4 is 0 Å². The molecule has 0 bridgehead atoms. The summed E-state index contributed by atoms with van der Waals surface area (Å²) in [5, 5.41) is 4.02. The van der Waals surface area contributed by atoms with Crippen molar-refractivity contribution in [3.63, 3.8) is 0 Å². The Labute approximate surface area is 105 Å². The Kier molecular flexibility index (Phi) is 2.87. The van der Waals surface area contributed by atoms with Gasteiger partial charge >= 0.3 is 0 Å². The Morgan fingerprint density at radius 1 is 1.44 bits per heavy atom. The van der Waals surface area contributed by atoms with Crippen molar-refractivity contribution in [2.45, 2.75) is 39.3 Å². The van der Waals surface area contributed by atoms with Gasteiger partial charge in [-0.2, -0.15) is 4.98 Å². The summed E-state index contributed by atoms with van der Waals surface area (Å²) in [5.74, 6) is 2.98. The molecule has 6 heteroatoms. The van der Waals surface area contributed by atoms with Crippen molar-refractivity contribution in [3.8, 4) is 0 Å². The van der Waals surface area contributed by atoms with Crippen molar-refractivity contribution < 1.29 is 8.94 Å². The number of nitrogens with zero attached hydrogens (tertiary/aromatic N) is 4. The van der Waals surface area contributed by atoms with Gasteiger partial charge in [0.25, 0.3) is 0 Å². The highest BCUT2D eigenvalue weighted by Crippen LogP contribution is 2.31. The number of hydrogen-bond donors (Lipinski definition) is 0. The number of aryl methyl sites for hydroxylation is 2. The zero-order valence-corrected chi connectivity index (χ0v) is 10.6. The van der Waals surface area contributed by atoms with Gasteiger partial charge in [0.1, 0.15) is 5.76 Å². The van der Waals surface area contributed by atoms with Crippen LogP contribution in [0.2, 0.25) is 0 Å². The molecule has 18 heavy (non-hydrogen) atoms. The van der Waals surface area contributed by atoms with Gasteiger partial charge in [-0.15, -0.1) is 0 Å². The van der Waals surface area contributed by atoms with E-state index in [9.17, 15) is 0 Å². The lowest BCUT2D eigenvalue weighted by atomic mass is 10.2. The van der Waals surface area contributed by atoms with E-state index in [0.29, 0.717) is 12.4 Å². The van der Waals surface area contributed by atoms with Gasteiger partial charge in [-0.3, -0.25) is 4.90 Å². The minimum absolute atomic E-state index is 0.217. The van der Waals surface area contributed by atoms with E-state index in [1.165, 1.54) is 0 Å². The van der Waals surface area contributed by atoms with Gasteiger partial charge in [-0.05, 0) is 26.3 Å². The standard InChI is InChI=1S/C12H16N4O2/c1-8-6-13-11(17-8)7-16-5-3-4-10(16)12-14-9(2)18-15-12/h6,10H,3-5,7H2,1-2H3. The third-order valence-electron chi connectivity index (χ3n) is 3.21. The molecular formula is C12H16N4O2.